The Bertz CT molecular complexity index is 1950. The summed E-state index contributed by atoms with van der Waals surface area (Å²) in [6.45, 7) is 22.6. The number of nitrogens with one attached hydrogen (secondary N) is 2. The summed E-state index contributed by atoms with van der Waals surface area (Å²) in [5, 5.41) is 6.99. The van der Waals surface area contributed by atoms with Crippen LogP contribution in [0.2, 0.25) is 0 Å². The lowest BCUT2D eigenvalue weighted by atomic mass is 9.70. The second-order valence-electron chi connectivity index (χ2n) is 17.2. The van der Waals surface area contributed by atoms with Gasteiger partial charge in [0.2, 0.25) is 0 Å². The summed E-state index contributed by atoms with van der Waals surface area (Å²) in [6.07, 6.45) is 30.9. The van der Waals surface area contributed by atoms with Crippen molar-refractivity contribution in [3.05, 3.63) is 201 Å². The van der Waals surface area contributed by atoms with Gasteiger partial charge in [-0.3, -0.25) is 9.59 Å². The zero-order valence-corrected chi connectivity index (χ0v) is 36.7. The van der Waals surface area contributed by atoms with Crippen LogP contribution in [-0.2, 0) is 22.7 Å². The molecule has 0 amide bonds. The number of carbonyl (C=O) groups excluding carboxylic acids is 2. The molecule has 0 radical (unpaired) electrons. The molecule has 2 aromatic carbocycles. The fraction of sp³-hybridized carbons (Fsp3) is 0.333. The van der Waals surface area contributed by atoms with Gasteiger partial charge in [0, 0.05) is 13.1 Å². The van der Waals surface area contributed by atoms with Crippen molar-refractivity contribution < 1.29 is 9.59 Å². The molecule has 0 aliphatic heterocycles. The number of rotatable bonds is 16. The molecule has 0 saturated carbocycles. The van der Waals surface area contributed by atoms with Crippen molar-refractivity contribution in [2.75, 3.05) is 0 Å². The molecule has 0 heterocycles. The monoisotopic (exact) mass is 775 g/mol. The molecular formula is C54H66N2O2. The first-order valence-electron chi connectivity index (χ1n) is 20.7. The lowest BCUT2D eigenvalue weighted by molar-refractivity contribution is -0.119. The second kappa shape index (κ2) is 21.6. The highest BCUT2D eigenvalue weighted by molar-refractivity contribution is 6.02. The third kappa shape index (κ3) is 13.7. The molecule has 2 aliphatic carbocycles. The van der Waals surface area contributed by atoms with Gasteiger partial charge in [-0.05, 0) is 98.6 Å². The molecule has 0 aromatic heterocycles. The fourth-order valence-electron chi connectivity index (χ4n) is 7.70. The molecule has 2 atom stereocenters. The van der Waals surface area contributed by atoms with Gasteiger partial charge >= 0.3 is 0 Å². The number of benzene rings is 2. The van der Waals surface area contributed by atoms with Crippen LogP contribution in [0, 0.1) is 10.8 Å². The van der Waals surface area contributed by atoms with Gasteiger partial charge in [-0.2, -0.15) is 0 Å². The first-order chi connectivity index (χ1) is 27.6. The Balaban J connectivity index is 1.26. The molecule has 2 aromatic rings. The number of Topliss-reactive ketones (excluding diaryl/α,β-unsaturated/α-hetero) is 2. The second-order valence-corrected chi connectivity index (χ2v) is 17.2. The van der Waals surface area contributed by atoms with Gasteiger partial charge in [0.05, 0.1) is 12.1 Å². The molecule has 2 N–H and O–H groups in total. The normalized spacial score (nSPS) is 21.3. The maximum atomic E-state index is 13.3. The highest BCUT2D eigenvalue weighted by atomic mass is 16.1. The molecule has 4 nitrogen and oxygen atoms in total. The molecule has 4 heteroatoms. The quantitative estimate of drug-likeness (QED) is 0.167. The van der Waals surface area contributed by atoms with Crippen LogP contribution < -0.4 is 10.6 Å². The Morgan fingerprint density at radius 2 is 0.862 bits per heavy atom. The van der Waals surface area contributed by atoms with E-state index in [4.69, 9.17) is 0 Å². The zero-order valence-electron chi connectivity index (χ0n) is 36.7. The van der Waals surface area contributed by atoms with Gasteiger partial charge < -0.3 is 10.6 Å². The summed E-state index contributed by atoms with van der Waals surface area (Å²) in [6, 6.07) is 20.1. The van der Waals surface area contributed by atoms with Crippen LogP contribution in [-0.4, -0.2) is 23.7 Å². The predicted molar refractivity (Wildman–Crippen MR) is 247 cm³/mol. The van der Waals surface area contributed by atoms with E-state index in [-0.39, 0.29) is 34.5 Å². The van der Waals surface area contributed by atoms with Crippen molar-refractivity contribution in [1.82, 2.24) is 10.6 Å². The first kappa shape index (κ1) is 45.5. The van der Waals surface area contributed by atoms with Crippen LogP contribution >= 0.6 is 0 Å². The Labute approximate surface area is 350 Å². The standard InChI is InChI=1S/C54H66N2O2/c1-39(23-19-25-41(3)31-33-47-43(5)51(57)49(35-53(47,7)8)55-37-45-27-13-11-14-28-45)21-17-18-22-40(2)24-20-26-42(4)32-34-48-44(6)52(58)50(36-54(48,9)10)56-38-46-29-15-12-16-30-46/h11-34,49-50,55-56H,35-38H2,1-10H3. The Kier molecular flexibility index (Phi) is 16.9. The van der Waals surface area contributed by atoms with Gasteiger partial charge in [0.15, 0.2) is 11.6 Å². The van der Waals surface area contributed by atoms with Crippen LogP contribution in [0.15, 0.2) is 190 Å². The van der Waals surface area contributed by atoms with Crippen molar-refractivity contribution in [1.29, 1.82) is 0 Å². The van der Waals surface area contributed by atoms with Crippen LogP contribution in [0.1, 0.15) is 93.2 Å². The molecule has 58 heavy (non-hydrogen) atoms. The van der Waals surface area contributed by atoms with Gasteiger partial charge in [-0.25, -0.2) is 0 Å². The number of carbonyl (C=O) groups is 2. The van der Waals surface area contributed by atoms with Crippen molar-refractivity contribution in [3.63, 3.8) is 0 Å². The molecule has 2 unspecified atom stereocenters. The lowest BCUT2D eigenvalue weighted by Crippen LogP contribution is -2.44. The van der Waals surface area contributed by atoms with Crippen molar-refractivity contribution >= 4 is 11.6 Å². The van der Waals surface area contributed by atoms with E-state index in [1.165, 1.54) is 11.1 Å². The molecule has 4 rings (SSSR count). The summed E-state index contributed by atoms with van der Waals surface area (Å²) < 4.78 is 0. The van der Waals surface area contributed by atoms with Crippen molar-refractivity contribution in [3.8, 4) is 0 Å². The smallest absolute Gasteiger partial charge is 0.175 e. The summed E-state index contributed by atoms with van der Waals surface area (Å²) in [5.74, 6) is 0.381. The van der Waals surface area contributed by atoms with Crippen LogP contribution in [0.25, 0.3) is 0 Å². The number of allylic oxidation sites excluding steroid dienone is 20. The molecule has 2 aliphatic rings. The minimum atomic E-state index is -0.174. The molecule has 0 fully saturated rings. The molecule has 304 valence electrons. The summed E-state index contributed by atoms with van der Waals surface area (Å²) in [4.78, 5) is 26.6. The third-order valence-corrected chi connectivity index (χ3v) is 11.1. The highest BCUT2D eigenvalue weighted by Gasteiger charge is 2.38. The number of hydrogen-bond acceptors (Lipinski definition) is 4. The fourth-order valence-corrected chi connectivity index (χ4v) is 7.70. The van der Waals surface area contributed by atoms with E-state index < -0.39 is 0 Å². The average molecular weight is 775 g/mol. The largest absolute Gasteiger partial charge is 0.303 e. The van der Waals surface area contributed by atoms with E-state index >= 15 is 0 Å². The predicted octanol–water partition coefficient (Wildman–Crippen LogP) is 12.5. The molecular weight excluding hydrogens is 709 g/mol. The summed E-state index contributed by atoms with van der Waals surface area (Å²) in [7, 11) is 0. The Hall–Kier alpha value is -5.16. The molecule has 0 bridgehead atoms. The van der Waals surface area contributed by atoms with E-state index in [2.05, 4.69) is 175 Å². The summed E-state index contributed by atoms with van der Waals surface area (Å²) >= 11 is 0. The van der Waals surface area contributed by atoms with Gasteiger partial charge in [0.25, 0.3) is 0 Å². The SMILES string of the molecule is CC(C=CC=C(C)C=CC1=C(C)C(=O)C(NCc2ccccc2)CC1(C)C)=CC=CC=C(C)C=CC=C(C)C=CC1=C(C)C(=O)C(NCc2ccccc2)CC1(C)C. The van der Waals surface area contributed by atoms with E-state index in [0.29, 0.717) is 13.1 Å². The van der Waals surface area contributed by atoms with E-state index in [9.17, 15) is 9.59 Å². The van der Waals surface area contributed by atoms with Gasteiger partial charge in [0.1, 0.15) is 0 Å². The van der Waals surface area contributed by atoms with E-state index in [1.54, 1.807) is 0 Å². The first-order valence-corrected chi connectivity index (χ1v) is 20.7. The van der Waals surface area contributed by atoms with Gasteiger partial charge in [-0.1, -0.05) is 196 Å². The van der Waals surface area contributed by atoms with Gasteiger partial charge in [-0.15, -0.1) is 0 Å². The van der Waals surface area contributed by atoms with Crippen molar-refractivity contribution in [2.24, 2.45) is 10.8 Å². The average Bonchev–Trinajstić information content (AvgIpc) is 3.18. The lowest BCUT2D eigenvalue weighted by Gasteiger charge is -2.37. The van der Waals surface area contributed by atoms with E-state index in [0.717, 1.165) is 57.4 Å². The number of ketones is 2. The highest BCUT2D eigenvalue weighted by Crippen LogP contribution is 2.41. The Morgan fingerprint density at radius 3 is 1.22 bits per heavy atom. The maximum Gasteiger partial charge on any atom is 0.175 e. The number of hydrogen-bond donors (Lipinski definition) is 2. The third-order valence-electron chi connectivity index (χ3n) is 11.1. The minimum absolute atomic E-state index is 0.111. The molecule has 0 spiro atoms. The van der Waals surface area contributed by atoms with Crippen LogP contribution in [0.4, 0.5) is 0 Å². The van der Waals surface area contributed by atoms with Crippen molar-refractivity contribution in [2.45, 2.75) is 107 Å². The van der Waals surface area contributed by atoms with Crippen LogP contribution in [0.5, 0.6) is 0 Å². The molecule has 0 saturated heterocycles. The van der Waals surface area contributed by atoms with E-state index in [1.807, 2.05) is 50.2 Å². The topological polar surface area (TPSA) is 58.2 Å². The summed E-state index contributed by atoms with van der Waals surface area (Å²) in [5.41, 5.74) is 10.6. The zero-order chi connectivity index (χ0) is 42.3. The van der Waals surface area contributed by atoms with Crippen LogP contribution in [0.3, 0.4) is 0 Å². The minimum Gasteiger partial charge on any atom is -0.303 e. The Morgan fingerprint density at radius 1 is 0.534 bits per heavy atom. The maximum absolute atomic E-state index is 13.3.